The highest BCUT2D eigenvalue weighted by Crippen LogP contribution is 2.19. The molecule has 1 amide bonds. The van der Waals surface area contributed by atoms with Crippen molar-refractivity contribution in [1.82, 2.24) is 10.3 Å². The van der Waals surface area contributed by atoms with Crippen LogP contribution in [0.2, 0.25) is 0 Å². The summed E-state index contributed by atoms with van der Waals surface area (Å²) < 4.78 is 13.1. The van der Waals surface area contributed by atoms with Crippen LogP contribution in [0.3, 0.4) is 0 Å². The minimum Gasteiger partial charge on any atom is -0.360 e. The number of fused-ring (bicyclic) bond motifs is 1. The summed E-state index contributed by atoms with van der Waals surface area (Å²) in [6.45, 7) is 0.466. The Morgan fingerprint density at radius 1 is 1.15 bits per heavy atom. The molecule has 100 valence electrons. The molecule has 0 aliphatic rings. The van der Waals surface area contributed by atoms with Gasteiger partial charge < -0.3 is 10.3 Å². The van der Waals surface area contributed by atoms with Crippen LogP contribution in [-0.4, -0.2) is 10.9 Å². The number of hydrogen-bond donors (Lipinski definition) is 2. The Bertz CT molecular complexity index is 750. The zero-order valence-corrected chi connectivity index (χ0v) is 10.7. The molecule has 0 atom stereocenters. The number of halogens is 1. The van der Waals surface area contributed by atoms with Crippen LogP contribution in [0.15, 0.2) is 54.7 Å². The SMILES string of the molecule is O=C(NCc1ccccc1)c1c[nH]c2cc(F)ccc12. The molecule has 0 fully saturated rings. The number of carbonyl (C=O) groups excluding carboxylic acids is 1. The second-order valence-electron chi connectivity index (χ2n) is 4.56. The highest BCUT2D eigenvalue weighted by Gasteiger charge is 2.11. The maximum Gasteiger partial charge on any atom is 0.253 e. The molecule has 0 radical (unpaired) electrons. The zero-order chi connectivity index (χ0) is 13.9. The lowest BCUT2D eigenvalue weighted by Gasteiger charge is -2.04. The number of rotatable bonds is 3. The van der Waals surface area contributed by atoms with E-state index < -0.39 is 0 Å². The van der Waals surface area contributed by atoms with Gasteiger partial charge in [-0.3, -0.25) is 4.79 Å². The third-order valence-electron chi connectivity index (χ3n) is 3.18. The predicted octanol–water partition coefficient (Wildman–Crippen LogP) is 3.24. The first-order valence-electron chi connectivity index (χ1n) is 6.33. The summed E-state index contributed by atoms with van der Waals surface area (Å²) in [4.78, 5) is 15.1. The lowest BCUT2D eigenvalue weighted by atomic mass is 10.1. The Labute approximate surface area is 115 Å². The first-order chi connectivity index (χ1) is 9.74. The molecule has 20 heavy (non-hydrogen) atoms. The maximum absolute atomic E-state index is 13.1. The molecule has 0 spiro atoms. The number of nitrogens with one attached hydrogen (secondary N) is 2. The Kier molecular flexibility index (Phi) is 3.21. The third kappa shape index (κ3) is 2.40. The lowest BCUT2D eigenvalue weighted by Crippen LogP contribution is -2.22. The van der Waals surface area contributed by atoms with Crippen LogP contribution in [0.4, 0.5) is 4.39 Å². The Balaban J connectivity index is 1.79. The van der Waals surface area contributed by atoms with Crippen LogP contribution in [0, 0.1) is 5.82 Å². The van der Waals surface area contributed by atoms with Gasteiger partial charge in [-0.05, 0) is 23.8 Å². The molecule has 0 aliphatic carbocycles. The van der Waals surface area contributed by atoms with E-state index in [1.165, 1.54) is 12.1 Å². The second-order valence-corrected chi connectivity index (χ2v) is 4.56. The van der Waals surface area contributed by atoms with Crippen molar-refractivity contribution >= 4 is 16.8 Å². The van der Waals surface area contributed by atoms with Crippen molar-refractivity contribution in [3.05, 3.63) is 71.7 Å². The van der Waals surface area contributed by atoms with Crippen LogP contribution in [0.1, 0.15) is 15.9 Å². The molecule has 3 nitrogen and oxygen atoms in total. The molecule has 0 saturated heterocycles. The maximum atomic E-state index is 13.1. The number of hydrogen-bond acceptors (Lipinski definition) is 1. The molecule has 0 bridgehead atoms. The van der Waals surface area contributed by atoms with E-state index in [1.807, 2.05) is 30.3 Å². The average Bonchev–Trinajstić information content (AvgIpc) is 2.89. The fourth-order valence-electron chi connectivity index (χ4n) is 2.16. The van der Waals surface area contributed by atoms with Gasteiger partial charge in [0, 0.05) is 23.6 Å². The van der Waals surface area contributed by atoms with Crippen molar-refractivity contribution in [3.8, 4) is 0 Å². The molecule has 3 aromatic rings. The lowest BCUT2D eigenvalue weighted by molar-refractivity contribution is 0.0952. The Morgan fingerprint density at radius 2 is 1.95 bits per heavy atom. The van der Waals surface area contributed by atoms with Gasteiger partial charge in [0.2, 0.25) is 0 Å². The first-order valence-corrected chi connectivity index (χ1v) is 6.33. The van der Waals surface area contributed by atoms with E-state index in [0.29, 0.717) is 17.6 Å². The van der Waals surface area contributed by atoms with Crippen LogP contribution in [0.5, 0.6) is 0 Å². The summed E-state index contributed by atoms with van der Waals surface area (Å²) in [6.07, 6.45) is 1.60. The minimum absolute atomic E-state index is 0.174. The number of aromatic nitrogens is 1. The topological polar surface area (TPSA) is 44.9 Å². The zero-order valence-electron chi connectivity index (χ0n) is 10.7. The molecule has 1 aromatic heterocycles. The molecule has 0 saturated carbocycles. The second kappa shape index (κ2) is 5.17. The molecule has 0 aliphatic heterocycles. The van der Waals surface area contributed by atoms with Gasteiger partial charge in [0.05, 0.1) is 5.56 Å². The van der Waals surface area contributed by atoms with E-state index in [1.54, 1.807) is 12.3 Å². The van der Waals surface area contributed by atoms with Gasteiger partial charge in [-0.2, -0.15) is 0 Å². The quantitative estimate of drug-likeness (QED) is 0.752. The summed E-state index contributed by atoms with van der Waals surface area (Å²) in [5.74, 6) is -0.498. The third-order valence-corrected chi connectivity index (χ3v) is 3.18. The molecular formula is C16H13FN2O. The van der Waals surface area contributed by atoms with Gasteiger partial charge in [-0.25, -0.2) is 4.39 Å². The van der Waals surface area contributed by atoms with Gasteiger partial charge in [0.15, 0.2) is 0 Å². The largest absolute Gasteiger partial charge is 0.360 e. The number of aromatic amines is 1. The molecule has 2 N–H and O–H groups in total. The van der Waals surface area contributed by atoms with Crippen molar-refractivity contribution in [1.29, 1.82) is 0 Å². The number of benzene rings is 2. The number of carbonyl (C=O) groups is 1. The van der Waals surface area contributed by atoms with E-state index in [0.717, 1.165) is 10.9 Å². The molecule has 1 heterocycles. The average molecular weight is 268 g/mol. The first kappa shape index (κ1) is 12.4. The normalized spacial score (nSPS) is 10.7. The minimum atomic E-state index is -0.324. The van der Waals surface area contributed by atoms with Crippen LogP contribution >= 0.6 is 0 Å². The van der Waals surface area contributed by atoms with Gasteiger partial charge >= 0.3 is 0 Å². The molecular weight excluding hydrogens is 255 g/mol. The van der Waals surface area contributed by atoms with E-state index in [2.05, 4.69) is 10.3 Å². The van der Waals surface area contributed by atoms with Gasteiger partial charge in [0.1, 0.15) is 5.82 Å². The van der Waals surface area contributed by atoms with E-state index in [-0.39, 0.29) is 11.7 Å². The molecule has 2 aromatic carbocycles. The van der Waals surface area contributed by atoms with Crippen LogP contribution < -0.4 is 5.32 Å². The fourth-order valence-corrected chi connectivity index (χ4v) is 2.16. The highest BCUT2D eigenvalue weighted by atomic mass is 19.1. The smallest absolute Gasteiger partial charge is 0.253 e. The summed E-state index contributed by atoms with van der Waals surface area (Å²) in [5, 5.41) is 3.57. The summed E-state index contributed by atoms with van der Waals surface area (Å²) in [5.41, 5.74) is 2.18. The van der Waals surface area contributed by atoms with E-state index >= 15 is 0 Å². The number of amides is 1. The Hall–Kier alpha value is -2.62. The van der Waals surface area contributed by atoms with E-state index in [9.17, 15) is 9.18 Å². The van der Waals surface area contributed by atoms with Crippen molar-refractivity contribution in [2.24, 2.45) is 0 Å². The van der Waals surface area contributed by atoms with Crippen LogP contribution in [-0.2, 0) is 6.54 Å². The summed E-state index contributed by atoms with van der Waals surface area (Å²) >= 11 is 0. The van der Waals surface area contributed by atoms with Gasteiger partial charge in [-0.1, -0.05) is 30.3 Å². The fraction of sp³-hybridized carbons (Fsp3) is 0.0625. The molecule has 0 unspecified atom stereocenters. The van der Waals surface area contributed by atoms with Crippen molar-refractivity contribution in [2.45, 2.75) is 6.54 Å². The predicted molar refractivity (Wildman–Crippen MR) is 75.9 cm³/mol. The van der Waals surface area contributed by atoms with Crippen molar-refractivity contribution < 1.29 is 9.18 Å². The number of H-pyrrole nitrogens is 1. The summed E-state index contributed by atoms with van der Waals surface area (Å²) in [6, 6.07) is 14.0. The van der Waals surface area contributed by atoms with E-state index in [4.69, 9.17) is 0 Å². The monoisotopic (exact) mass is 268 g/mol. The molecule has 3 rings (SSSR count). The van der Waals surface area contributed by atoms with Gasteiger partial charge in [-0.15, -0.1) is 0 Å². The highest BCUT2D eigenvalue weighted by molar-refractivity contribution is 6.06. The van der Waals surface area contributed by atoms with Crippen molar-refractivity contribution in [3.63, 3.8) is 0 Å². The van der Waals surface area contributed by atoms with Gasteiger partial charge in [0.25, 0.3) is 5.91 Å². The van der Waals surface area contributed by atoms with Crippen LogP contribution in [0.25, 0.3) is 10.9 Å². The Morgan fingerprint density at radius 3 is 2.75 bits per heavy atom. The van der Waals surface area contributed by atoms with Crippen molar-refractivity contribution in [2.75, 3.05) is 0 Å². The summed E-state index contributed by atoms with van der Waals surface area (Å²) in [7, 11) is 0. The molecule has 4 heteroatoms. The standard InChI is InChI=1S/C16H13FN2O/c17-12-6-7-13-14(10-18-15(13)8-12)16(20)19-9-11-4-2-1-3-5-11/h1-8,10,18H,9H2,(H,19,20).